The minimum absolute atomic E-state index is 0.0275. The molecule has 1 heterocycles. The van der Waals surface area contributed by atoms with Crippen LogP contribution in [0.15, 0.2) is 42.5 Å². The lowest BCUT2D eigenvalue weighted by molar-refractivity contribution is -0.118. The van der Waals surface area contributed by atoms with Crippen LogP contribution in [-0.4, -0.2) is 62.9 Å². The normalized spacial score (nSPS) is 16.8. The van der Waals surface area contributed by atoms with E-state index in [0.717, 1.165) is 0 Å². The lowest BCUT2D eigenvalue weighted by Gasteiger charge is -2.28. The minimum Gasteiger partial charge on any atom is -0.493 e. The number of benzene rings is 2. The van der Waals surface area contributed by atoms with Gasteiger partial charge in [-0.25, -0.2) is 12.8 Å². The zero-order valence-corrected chi connectivity index (χ0v) is 19.4. The van der Waals surface area contributed by atoms with Crippen LogP contribution in [0.25, 0.3) is 0 Å². The Kier molecular flexibility index (Phi) is 7.91. The van der Waals surface area contributed by atoms with E-state index in [9.17, 15) is 22.4 Å². The maximum absolute atomic E-state index is 13.1. The fourth-order valence-electron chi connectivity index (χ4n) is 3.67. The summed E-state index contributed by atoms with van der Waals surface area (Å²) in [6.07, 6.45) is 1.12. The van der Waals surface area contributed by atoms with Gasteiger partial charge in [0.05, 0.1) is 18.6 Å². The maximum atomic E-state index is 13.1. The number of hydrogen-bond donors (Lipinski definition) is 1. The Labute approximate surface area is 192 Å². The van der Waals surface area contributed by atoms with E-state index in [1.165, 1.54) is 43.5 Å². The summed E-state index contributed by atoms with van der Waals surface area (Å²) in [5, 5.41) is 2.59. The SMILES string of the molecule is CCCN(C(=O)c1ccc(OCC(=O)Nc2ccc(F)cc2)c(OC)c1)[C@H]1CCS(=O)(=O)C1. The van der Waals surface area contributed by atoms with Crippen LogP contribution in [0.2, 0.25) is 0 Å². The third-order valence-electron chi connectivity index (χ3n) is 5.27. The molecule has 1 N–H and O–H groups in total. The van der Waals surface area contributed by atoms with E-state index in [1.807, 2.05) is 6.92 Å². The van der Waals surface area contributed by atoms with Crippen molar-refractivity contribution in [3.8, 4) is 11.5 Å². The highest BCUT2D eigenvalue weighted by molar-refractivity contribution is 7.91. The zero-order valence-electron chi connectivity index (χ0n) is 18.5. The quantitative estimate of drug-likeness (QED) is 0.595. The van der Waals surface area contributed by atoms with Gasteiger partial charge in [-0.3, -0.25) is 9.59 Å². The first-order valence-electron chi connectivity index (χ1n) is 10.6. The predicted octanol–water partition coefficient (Wildman–Crippen LogP) is 2.89. The molecule has 0 bridgehead atoms. The number of nitrogens with one attached hydrogen (secondary N) is 1. The van der Waals surface area contributed by atoms with E-state index in [1.54, 1.807) is 11.0 Å². The van der Waals surface area contributed by atoms with Gasteiger partial charge in [0.15, 0.2) is 27.9 Å². The lowest BCUT2D eigenvalue weighted by Crippen LogP contribution is -2.41. The van der Waals surface area contributed by atoms with Gasteiger partial charge in [0.25, 0.3) is 11.8 Å². The van der Waals surface area contributed by atoms with E-state index in [0.29, 0.717) is 30.6 Å². The van der Waals surface area contributed by atoms with Gasteiger partial charge in [0.1, 0.15) is 5.82 Å². The highest BCUT2D eigenvalue weighted by Crippen LogP contribution is 2.29. The number of carbonyl (C=O) groups is 2. The molecular formula is C23H27FN2O6S. The third kappa shape index (κ3) is 6.44. The van der Waals surface area contributed by atoms with Gasteiger partial charge in [0, 0.05) is 23.8 Å². The van der Waals surface area contributed by atoms with Crippen molar-refractivity contribution in [2.45, 2.75) is 25.8 Å². The Bertz CT molecular complexity index is 1100. The highest BCUT2D eigenvalue weighted by Gasteiger charge is 2.34. The van der Waals surface area contributed by atoms with Crippen LogP contribution in [0.3, 0.4) is 0 Å². The highest BCUT2D eigenvalue weighted by atomic mass is 32.2. The molecule has 1 fully saturated rings. The van der Waals surface area contributed by atoms with E-state index in [2.05, 4.69) is 5.32 Å². The van der Waals surface area contributed by atoms with Crippen LogP contribution in [0, 0.1) is 5.82 Å². The number of methoxy groups -OCH3 is 1. The molecule has 2 aromatic carbocycles. The number of anilines is 1. The summed E-state index contributed by atoms with van der Waals surface area (Å²) in [7, 11) is -1.71. The summed E-state index contributed by atoms with van der Waals surface area (Å²) in [6, 6.07) is 9.60. The smallest absolute Gasteiger partial charge is 0.262 e. The minimum atomic E-state index is -3.13. The zero-order chi connectivity index (χ0) is 24.0. The first-order valence-corrected chi connectivity index (χ1v) is 12.4. The second-order valence-corrected chi connectivity index (χ2v) is 9.99. The van der Waals surface area contributed by atoms with Crippen LogP contribution in [0.1, 0.15) is 30.1 Å². The fourth-order valence-corrected chi connectivity index (χ4v) is 5.40. The van der Waals surface area contributed by atoms with Crippen molar-refractivity contribution < 1.29 is 31.9 Å². The molecule has 8 nitrogen and oxygen atoms in total. The molecule has 1 saturated heterocycles. The average molecular weight is 479 g/mol. The molecule has 178 valence electrons. The molecule has 2 amide bonds. The Morgan fingerprint density at radius 3 is 2.48 bits per heavy atom. The summed E-state index contributed by atoms with van der Waals surface area (Å²) in [6.45, 7) is 2.06. The van der Waals surface area contributed by atoms with Gasteiger partial charge in [-0.2, -0.15) is 0 Å². The number of ether oxygens (including phenoxy) is 2. The van der Waals surface area contributed by atoms with Crippen LogP contribution >= 0.6 is 0 Å². The molecule has 1 atom stereocenters. The molecule has 3 rings (SSSR count). The summed E-state index contributed by atoms with van der Waals surface area (Å²) in [5.41, 5.74) is 0.774. The second-order valence-electron chi connectivity index (χ2n) is 7.76. The van der Waals surface area contributed by atoms with Gasteiger partial charge in [0.2, 0.25) is 0 Å². The topological polar surface area (TPSA) is 102 Å². The summed E-state index contributed by atoms with van der Waals surface area (Å²) < 4.78 is 47.6. The molecule has 10 heteroatoms. The molecule has 1 aliphatic rings. The van der Waals surface area contributed by atoms with E-state index in [4.69, 9.17) is 9.47 Å². The molecule has 0 saturated carbocycles. The van der Waals surface area contributed by atoms with E-state index in [-0.39, 0.29) is 41.6 Å². The van der Waals surface area contributed by atoms with Crippen molar-refractivity contribution >= 4 is 27.3 Å². The Hall–Kier alpha value is -3.14. The van der Waals surface area contributed by atoms with Gasteiger partial charge < -0.3 is 19.7 Å². The van der Waals surface area contributed by atoms with Crippen LogP contribution < -0.4 is 14.8 Å². The standard InChI is InChI=1S/C23H27FN2O6S/c1-3-11-26(19-10-12-33(29,30)15-19)23(28)16-4-9-20(21(13-16)31-2)32-14-22(27)25-18-7-5-17(24)6-8-18/h4-9,13,19H,3,10-12,14-15H2,1-2H3,(H,25,27)/t19-/m0/s1. The Morgan fingerprint density at radius 1 is 1.15 bits per heavy atom. The number of sulfone groups is 1. The number of halogens is 1. The number of rotatable bonds is 9. The average Bonchev–Trinajstić information content (AvgIpc) is 3.16. The molecule has 0 unspecified atom stereocenters. The van der Waals surface area contributed by atoms with Gasteiger partial charge in [-0.15, -0.1) is 0 Å². The molecule has 1 aliphatic heterocycles. The maximum Gasteiger partial charge on any atom is 0.262 e. The summed E-state index contributed by atoms with van der Waals surface area (Å²) >= 11 is 0. The summed E-state index contributed by atoms with van der Waals surface area (Å²) in [5.74, 6) is -0.532. The predicted molar refractivity (Wildman–Crippen MR) is 122 cm³/mol. The van der Waals surface area contributed by atoms with Crippen LogP contribution in [0.5, 0.6) is 11.5 Å². The Balaban J connectivity index is 1.68. The van der Waals surface area contributed by atoms with Crippen LogP contribution in [-0.2, 0) is 14.6 Å². The van der Waals surface area contributed by atoms with Gasteiger partial charge in [-0.1, -0.05) is 6.92 Å². The van der Waals surface area contributed by atoms with Crippen LogP contribution in [0.4, 0.5) is 10.1 Å². The van der Waals surface area contributed by atoms with Gasteiger partial charge in [-0.05, 0) is 55.3 Å². The van der Waals surface area contributed by atoms with E-state index < -0.39 is 21.6 Å². The summed E-state index contributed by atoms with van der Waals surface area (Å²) in [4.78, 5) is 26.9. The molecule has 0 aliphatic carbocycles. The third-order valence-corrected chi connectivity index (χ3v) is 7.02. The molecule has 33 heavy (non-hydrogen) atoms. The number of amides is 2. The lowest BCUT2D eigenvalue weighted by atomic mass is 10.1. The molecule has 2 aromatic rings. The van der Waals surface area contributed by atoms with Crippen molar-refractivity contribution in [2.24, 2.45) is 0 Å². The molecule has 0 radical (unpaired) electrons. The Morgan fingerprint density at radius 2 is 1.88 bits per heavy atom. The van der Waals surface area contributed by atoms with Crippen molar-refractivity contribution in [1.29, 1.82) is 0 Å². The van der Waals surface area contributed by atoms with Crippen molar-refractivity contribution in [1.82, 2.24) is 4.90 Å². The number of hydrogen-bond acceptors (Lipinski definition) is 6. The number of nitrogens with zero attached hydrogens (tertiary/aromatic N) is 1. The number of carbonyl (C=O) groups excluding carboxylic acids is 2. The first-order chi connectivity index (χ1) is 15.7. The van der Waals surface area contributed by atoms with E-state index >= 15 is 0 Å². The second kappa shape index (κ2) is 10.7. The molecule has 0 aromatic heterocycles. The molecular weight excluding hydrogens is 451 g/mol. The van der Waals surface area contributed by atoms with Crippen molar-refractivity contribution in [3.63, 3.8) is 0 Å². The largest absolute Gasteiger partial charge is 0.493 e. The fraction of sp³-hybridized carbons (Fsp3) is 0.391. The van der Waals surface area contributed by atoms with Crippen molar-refractivity contribution in [3.05, 3.63) is 53.8 Å². The van der Waals surface area contributed by atoms with Crippen molar-refractivity contribution in [2.75, 3.05) is 37.1 Å². The monoisotopic (exact) mass is 478 g/mol. The first kappa shape index (κ1) is 24.5. The molecule has 0 spiro atoms. The van der Waals surface area contributed by atoms with Gasteiger partial charge >= 0.3 is 0 Å².